The van der Waals surface area contributed by atoms with E-state index in [0.29, 0.717) is 0 Å². The number of carbonyl (C=O) groups is 2. The molecule has 9 heteroatoms. The summed E-state index contributed by atoms with van der Waals surface area (Å²) in [6, 6.07) is 2.11. The van der Waals surface area contributed by atoms with Crippen molar-refractivity contribution in [1.82, 2.24) is 5.16 Å². The maximum absolute atomic E-state index is 11.2. The zero-order valence-corrected chi connectivity index (χ0v) is 11.3. The highest BCUT2D eigenvalue weighted by Crippen LogP contribution is 2.41. The Morgan fingerprint density at radius 1 is 1.29 bits per heavy atom. The Morgan fingerprint density at radius 2 is 1.95 bits per heavy atom. The normalized spacial score (nSPS) is 10.4. The number of amides is 1. The number of halogens is 1. The highest BCUT2D eigenvalue weighted by atomic mass is 35.5. The minimum atomic E-state index is -1.42. The number of aromatic nitrogens is 1. The third-order valence-electron chi connectivity index (χ3n) is 2.51. The number of carboxylic acid groups (broad SMARTS) is 1. The molecule has 0 bridgehead atoms. The van der Waals surface area contributed by atoms with Gasteiger partial charge in [-0.2, -0.15) is 0 Å². The fourth-order valence-corrected chi connectivity index (χ4v) is 1.81. The average molecular weight is 313 g/mol. The molecule has 0 saturated heterocycles. The van der Waals surface area contributed by atoms with Crippen molar-refractivity contribution in [3.05, 3.63) is 22.8 Å². The third kappa shape index (κ3) is 2.75. The molecule has 4 N–H and O–H groups in total. The number of rotatable bonds is 3. The second-order valence-corrected chi connectivity index (χ2v) is 4.45. The van der Waals surface area contributed by atoms with E-state index in [1.54, 1.807) is 0 Å². The number of benzene rings is 1. The molecular formula is C12H9ClN2O6. The number of carboxylic acids is 1. The molecule has 0 spiro atoms. The molecule has 110 valence electrons. The first kappa shape index (κ1) is 14.7. The highest BCUT2D eigenvalue weighted by Gasteiger charge is 2.26. The number of nitrogens with zero attached hydrogens (tertiary/aromatic N) is 1. The number of phenols is 2. The van der Waals surface area contributed by atoms with Gasteiger partial charge >= 0.3 is 5.97 Å². The standard InChI is InChI=1S/C12H9ClN2O6/c1-4(16)14-9-10(12(19)20)15-21-11(9)5-2-6(13)8(18)3-7(5)17/h2-3,17-18H,1H3,(H,14,16)(H,19,20). The summed E-state index contributed by atoms with van der Waals surface area (Å²) in [6.45, 7) is 1.17. The molecule has 2 rings (SSSR count). The van der Waals surface area contributed by atoms with Gasteiger partial charge in [0.1, 0.15) is 17.2 Å². The lowest BCUT2D eigenvalue weighted by Gasteiger charge is -2.06. The third-order valence-corrected chi connectivity index (χ3v) is 2.81. The van der Waals surface area contributed by atoms with E-state index in [1.807, 2.05) is 0 Å². The van der Waals surface area contributed by atoms with Crippen LogP contribution in [-0.2, 0) is 4.79 Å². The van der Waals surface area contributed by atoms with E-state index in [-0.39, 0.29) is 27.8 Å². The van der Waals surface area contributed by atoms with Crippen molar-refractivity contribution in [2.45, 2.75) is 6.92 Å². The number of anilines is 1. The van der Waals surface area contributed by atoms with E-state index in [0.717, 1.165) is 12.1 Å². The first-order valence-corrected chi connectivity index (χ1v) is 5.91. The van der Waals surface area contributed by atoms with Gasteiger partial charge in [-0.1, -0.05) is 16.8 Å². The second-order valence-electron chi connectivity index (χ2n) is 4.04. The van der Waals surface area contributed by atoms with Crippen LogP contribution in [-0.4, -0.2) is 32.4 Å². The van der Waals surface area contributed by atoms with Crippen LogP contribution in [0.3, 0.4) is 0 Å². The molecule has 1 heterocycles. The van der Waals surface area contributed by atoms with Crippen molar-refractivity contribution in [3.8, 4) is 22.8 Å². The minimum Gasteiger partial charge on any atom is -0.507 e. The van der Waals surface area contributed by atoms with E-state index in [4.69, 9.17) is 21.2 Å². The summed E-state index contributed by atoms with van der Waals surface area (Å²) >= 11 is 5.74. The fourth-order valence-electron chi connectivity index (χ4n) is 1.64. The van der Waals surface area contributed by atoms with E-state index < -0.39 is 23.3 Å². The second kappa shape index (κ2) is 5.33. The first-order valence-electron chi connectivity index (χ1n) is 5.53. The van der Waals surface area contributed by atoms with Crippen molar-refractivity contribution < 1.29 is 29.4 Å². The van der Waals surface area contributed by atoms with Gasteiger partial charge in [0.2, 0.25) is 11.6 Å². The monoisotopic (exact) mass is 312 g/mol. The maximum Gasteiger partial charge on any atom is 0.360 e. The predicted molar refractivity (Wildman–Crippen MR) is 71.5 cm³/mol. The molecule has 0 fully saturated rings. The molecule has 8 nitrogen and oxygen atoms in total. The van der Waals surface area contributed by atoms with Crippen molar-refractivity contribution in [2.75, 3.05) is 5.32 Å². The van der Waals surface area contributed by atoms with Gasteiger partial charge in [0.25, 0.3) is 0 Å². The summed E-state index contributed by atoms with van der Waals surface area (Å²) in [6.07, 6.45) is 0. The Morgan fingerprint density at radius 3 is 2.52 bits per heavy atom. The lowest BCUT2D eigenvalue weighted by atomic mass is 10.1. The van der Waals surface area contributed by atoms with Gasteiger partial charge in [-0.25, -0.2) is 4.79 Å². The molecule has 1 amide bonds. The van der Waals surface area contributed by atoms with Crippen LogP contribution in [0.5, 0.6) is 11.5 Å². The first-order chi connectivity index (χ1) is 9.81. The van der Waals surface area contributed by atoms with E-state index in [2.05, 4.69) is 10.5 Å². The van der Waals surface area contributed by atoms with Crippen LogP contribution in [0, 0.1) is 0 Å². The summed E-state index contributed by atoms with van der Waals surface area (Å²) in [5.74, 6) is -2.94. The highest BCUT2D eigenvalue weighted by molar-refractivity contribution is 6.32. The molecule has 0 saturated carbocycles. The van der Waals surface area contributed by atoms with Crippen LogP contribution in [0.4, 0.5) is 5.69 Å². The molecule has 0 unspecified atom stereocenters. The molecule has 0 aliphatic rings. The Hall–Kier alpha value is -2.74. The van der Waals surface area contributed by atoms with Gasteiger partial charge in [-0.15, -0.1) is 0 Å². The van der Waals surface area contributed by atoms with Crippen LogP contribution in [0.15, 0.2) is 16.7 Å². The van der Waals surface area contributed by atoms with Crippen LogP contribution in [0.25, 0.3) is 11.3 Å². The number of nitrogens with one attached hydrogen (secondary N) is 1. The molecule has 0 radical (unpaired) electrons. The minimum absolute atomic E-state index is 0.0263. The summed E-state index contributed by atoms with van der Waals surface area (Å²) in [7, 11) is 0. The summed E-state index contributed by atoms with van der Waals surface area (Å²) < 4.78 is 4.87. The lowest BCUT2D eigenvalue weighted by molar-refractivity contribution is -0.114. The number of aromatic carboxylic acids is 1. The van der Waals surface area contributed by atoms with Crippen LogP contribution in [0.1, 0.15) is 17.4 Å². The van der Waals surface area contributed by atoms with Crippen LogP contribution >= 0.6 is 11.6 Å². The molecule has 0 aliphatic carbocycles. The average Bonchev–Trinajstić information content (AvgIpc) is 2.76. The molecular weight excluding hydrogens is 304 g/mol. The molecule has 0 atom stereocenters. The summed E-state index contributed by atoms with van der Waals surface area (Å²) in [4.78, 5) is 22.2. The Kier molecular flexibility index (Phi) is 3.72. The van der Waals surface area contributed by atoms with Crippen molar-refractivity contribution in [3.63, 3.8) is 0 Å². The van der Waals surface area contributed by atoms with Gasteiger partial charge < -0.3 is 25.2 Å². The maximum atomic E-state index is 11.2. The van der Waals surface area contributed by atoms with Gasteiger partial charge in [-0.05, 0) is 6.07 Å². The largest absolute Gasteiger partial charge is 0.507 e. The van der Waals surface area contributed by atoms with Crippen molar-refractivity contribution in [2.24, 2.45) is 0 Å². The predicted octanol–water partition coefficient (Wildman–Crippen LogP) is 2.06. The molecule has 21 heavy (non-hydrogen) atoms. The van der Waals surface area contributed by atoms with Crippen LogP contribution < -0.4 is 5.32 Å². The lowest BCUT2D eigenvalue weighted by Crippen LogP contribution is -2.10. The zero-order valence-electron chi connectivity index (χ0n) is 10.5. The Labute approximate surface area is 122 Å². The SMILES string of the molecule is CC(=O)Nc1c(C(=O)O)noc1-c1cc(Cl)c(O)cc1O. The number of aromatic hydroxyl groups is 2. The van der Waals surface area contributed by atoms with Gasteiger partial charge in [0, 0.05) is 13.0 Å². The summed E-state index contributed by atoms with van der Waals surface area (Å²) in [5.41, 5.74) is -0.766. The fraction of sp³-hybridized carbons (Fsp3) is 0.0833. The number of hydrogen-bond acceptors (Lipinski definition) is 6. The van der Waals surface area contributed by atoms with Gasteiger partial charge in [-0.3, -0.25) is 4.79 Å². The molecule has 1 aromatic carbocycles. The van der Waals surface area contributed by atoms with Gasteiger partial charge in [0.15, 0.2) is 5.76 Å². The van der Waals surface area contributed by atoms with E-state index >= 15 is 0 Å². The molecule has 0 aliphatic heterocycles. The number of hydrogen-bond donors (Lipinski definition) is 4. The molecule has 2 aromatic rings. The van der Waals surface area contributed by atoms with E-state index in [9.17, 15) is 19.8 Å². The van der Waals surface area contributed by atoms with Crippen molar-refractivity contribution in [1.29, 1.82) is 0 Å². The quantitative estimate of drug-likeness (QED) is 0.681. The Bertz CT molecular complexity index is 740. The van der Waals surface area contributed by atoms with E-state index in [1.165, 1.54) is 6.92 Å². The topological polar surface area (TPSA) is 133 Å². The molecule has 1 aromatic heterocycles. The summed E-state index contributed by atoms with van der Waals surface area (Å²) in [5, 5.41) is 33.7. The van der Waals surface area contributed by atoms with Crippen LogP contribution in [0.2, 0.25) is 5.02 Å². The van der Waals surface area contributed by atoms with Crippen molar-refractivity contribution >= 4 is 29.2 Å². The van der Waals surface area contributed by atoms with Gasteiger partial charge in [0.05, 0.1) is 10.6 Å². The Balaban J connectivity index is 2.66. The number of phenolic OH excluding ortho intramolecular Hbond substituents is 2. The number of carbonyl (C=O) groups excluding carboxylic acids is 1. The zero-order chi connectivity index (χ0) is 15.7. The smallest absolute Gasteiger partial charge is 0.360 e.